The van der Waals surface area contributed by atoms with Gasteiger partial charge in [-0.3, -0.25) is 14.6 Å². The van der Waals surface area contributed by atoms with E-state index in [1.807, 2.05) is 54.2 Å². The largest absolute Gasteiger partial charge is 0.293 e. The van der Waals surface area contributed by atoms with Crippen LogP contribution in [-0.2, 0) is 4.79 Å². The summed E-state index contributed by atoms with van der Waals surface area (Å²) in [5, 5.41) is 0.126. The van der Waals surface area contributed by atoms with Crippen molar-refractivity contribution in [1.82, 2.24) is 4.98 Å². The van der Waals surface area contributed by atoms with Crippen LogP contribution in [0.5, 0.6) is 0 Å². The van der Waals surface area contributed by atoms with E-state index in [2.05, 4.69) is 11.9 Å². The highest BCUT2D eigenvalue weighted by molar-refractivity contribution is 8.14. The summed E-state index contributed by atoms with van der Waals surface area (Å²) in [6.07, 6.45) is 1.80. The van der Waals surface area contributed by atoms with Crippen LogP contribution in [0.4, 0.5) is 0 Å². The third kappa shape index (κ3) is 5.22. The van der Waals surface area contributed by atoms with Crippen LogP contribution < -0.4 is 0 Å². The van der Waals surface area contributed by atoms with Gasteiger partial charge in [-0.25, -0.2) is 0 Å². The van der Waals surface area contributed by atoms with Crippen molar-refractivity contribution >= 4 is 34.4 Å². The Morgan fingerprint density at radius 1 is 1.13 bits per heavy atom. The molecule has 0 N–H and O–H groups in total. The van der Waals surface area contributed by atoms with Crippen molar-refractivity contribution in [1.29, 1.82) is 0 Å². The van der Waals surface area contributed by atoms with Gasteiger partial charge in [-0.15, -0.1) is 11.8 Å². The van der Waals surface area contributed by atoms with Crippen LogP contribution in [0.2, 0.25) is 0 Å². The van der Waals surface area contributed by atoms with E-state index >= 15 is 0 Å². The lowest BCUT2D eigenvalue weighted by Crippen LogP contribution is -2.05. The summed E-state index contributed by atoms with van der Waals surface area (Å²) in [6, 6.07) is 13.6. The summed E-state index contributed by atoms with van der Waals surface area (Å²) in [6.45, 7) is 3.60. The molecule has 0 saturated heterocycles. The maximum atomic E-state index is 12.0. The number of hydrogen-bond acceptors (Lipinski definition) is 5. The second kappa shape index (κ2) is 8.89. The number of hydrogen-bond donors (Lipinski definition) is 0. The Hall–Kier alpha value is -1.59. The van der Waals surface area contributed by atoms with Crippen molar-refractivity contribution in [3.63, 3.8) is 0 Å². The highest BCUT2D eigenvalue weighted by Crippen LogP contribution is 2.34. The first-order chi connectivity index (χ1) is 11.1. The van der Waals surface area contributed by atoms with Crippen molar-refractivity contribution in [3.8, 4) is 0 Å². The summed E-state index contributed by atoms with van der Waals surface area (Å²) in [7, 11) is 0. The minimum atomic E-state index is -0.0375. The first kappa shape index (κ1) is 17.8. The lowest BCUT2D eigenvalue weighted by atomic mass is 10.0. The number of pyridine rings is 1. The molecule has 0 spiro atoms. The van der Waals surface area contributed by atoms with Crippen LogP contribution in [0.3, 0.4) is 0 Å². The topological polar surface area (TPSA) is 47.0 Å². The van der Waals surface area contributed by atoms with Gasteiger partial charge in [-0.2, -0.15) is 0 Å². The number of ketones is 1. The van der Waals surface area contributed by atoms with Crippen LogP contribution in [0.15, 0.2) is 48.7 Å². The summed E-state index contributed by atoms with van der Waals surface area (Å²) in [5.41, 5.74) is 2.79. The van der Waals surface area contributed by atoms with Gasteiger partial charge < -0.3 is 0 Å². The fraction of sp³-hybridized carbons (Fsp3) is 0.278. The molecule has 3 nitrogen and oxygen atoms in total. The lowest BCUT2D eigenvalue weighted by molar-refractivity contribution is -0.109. The van der Waals surface area contributed by atoms with E-state index in [1.54, 1.807) is 6.20 Å². The molecule has 2 rings (SSSR count). The average molecular weight is 345 g/mol. The minimum Gasteiger partial charge on any atom is -0.293 e. The van der Waals surface area contributed by atoms with E-state index < -0.39 is 0 Å². The van der Waals surface area contributed by atoms with Gasteiger partial charge in [0.15, 0.2) is 10.9 Å². The van der Waals surface area contributed by atoms with Crippen molar-refractivity contribution in [2.24, 2.45) is 0 Å². The van der Waals surface area contributed by atoms with E-state index in [0.717, 1.165) is 28.8 Å². The number of nitrogens with zero attached hydrogens (tertiary/aromatic N) is 1. The highest BCUT2D eigenvalue weighted by Gasteiger charge is 2.16. The Kier molecular flexibility index (Phi) is 6.86. The van der Waals surface area contributed by atoms with Crippen molar-refractivity contribution < 1.29 is 9.59 Å². The number of carbonyl (C=O) groups excluding carboxylic acids is 2. The number of thioether (sulfide) groups is 2. The fourth-order valence-corrected chi connectivity index (χ4v) is 3.64. The van der Waals surface area contributed by atoms with Crippen molar-refractivity contribution in [2.75, 3.05) is 11.5 Å². The number of rotatable bonds is 7. The van der Waals surface area contributed by atoms with Gasteiger partial charge in [0.2, 0.25) is 0 Å². The van der Waals surface area contributed by atoms with Gasteiger partial charge in [-0.05, 0) is 23.4 Å². The van der Waals surface area contributed by atoms with Gasteiger partial charge >= 0.3 is 0 Å². The number of benzene rings is 1. The van der Waals surface area contributed by atoms with E-state index in [1.165, 1.54) is 6.92 Å². The molecule has 0 aliphatic rings. The minimum absolute atomic E-state index is 0.0192. The third-order valence-corrected chi connectivity index (χ3v) is 5.23. The predicted molar refractivity (Wildman–Crippen MR) is 98.1 cm³/mol. The Balaban J connectivity index is 2.16. The molecule has 120 valence electrons. The van der Waals surface area contributed by atoms with E-state index in [0.29, 0.717) is 5.56 Å². The Morgan fingerprint density at radius 3 is 2.43 bits per heavy atom. The summed E-state index contributed by atoms with van der Waals surface area (Å²) in [4.78, 5) is 27.4. The summed E-state index contributed by atoms with van der Waals surface area (Å²) >= 11 is 2.86. The summed E-state index contributed by atoms with van der Waals surface area (Å²) < 4.78 is 0. The zero-order chi connectivity index (χ0) is 16.7. The maximum Gasteiger partial charge on any atom is 0.186 e. The third-order valence-electron chi connectivity index (χ3n) is 3.23. The molecule has 0 amide bonds. The molecule has 0 aliphatic heterocycles. The van der Waals surface area contributed by atoms with E-state index in [9.17, 15) is 9.59 Å². The Bertz CT molecular complexity index is 656. The quantitative estimate of drug-likeness (QED) is 0.697. The zero-order valence-electron chi connectivity index (χ0n) is 13.2. The van der Waals surface area contributed by atoms with Crippen molar-refractivity contribution in [3.05, 3.63) is 65.5 Å². The molecule has 1 atom stereocenters. The molecule has 5 heteroatoms. The standard InChI is InChI=1S/C18H19NO2S2/c1-3-22-18(16-6-4-5-11-19-16)15-9-7-14(8-10-15)17(21)12-23-13(2)20/h4-11,18H,3,12H2,1-2H3. The van der Waals surface area contributed by atoms with Crippen LogP contribution >= 0.6 is 23.5 Å². The highest BCUT2D eigenvalue weighted by atomic mass is 32.2. The predicted octanol–water partition coefficient (Wildman–Crippen LogP) is 4.39. The second-order valence-corrected chi connectivity index (χ2v) is 7.45. The average Bonchev–Trinajstić information content (AvgIpc) is 2.58. The maximum absolute atomic E-state index is 12.0. The van der Waals surface area contributed by atoms with E-state index in [4.69, 9.17) is 0 Å². The Morgan fingerprint density at radius 2 is 1.87 bits per heavy atom. The SMILES string of the molecule is CCSC(c1ccc(C(=O)CSC(C)=O)cc1)c1ccccn1. The first-order valence-electron chi connectivity index (χ1n) is 7.41. The van der Waals surface area contributed by atoms with Crippen LogP contribution in [0.1, 0.15) is 40.7 Å². The van der Waals surface area contributed by atoms with Gasteiger partial charge in [0.1, 0.15) is 0 Å². The zero-order valence-corrected chi connectivity index (χ0v) is 14.8. The molecule has 1 aromatic carbocycles. The fourth-order valence-electron chi connectivity index (χ4n) is 2.14. The number of aromatic nitrogens is 1. The van der Waals surface area contributed by atoms with E-state index in [-0.39, 0.29) is 21.9 Å². The van der Waals surface area contributed by atoms with Gasteiger partial charge in [-0.1, -0.05) is 49.0 Å². The molecule has 1 heterocycles. The van der Waals surface area contributed by atoms with Crippen LogP contribution in [-0.4, -0.2) is 27.4 Å². The lowest BCUT2D eigenvalue weighted by Gasteiger charge is -2.16. The first-order valence-corrected chi connectivity index (χ1v) is 9.44. The van der Waals surface area contributed by atoms with Gasteiger partial charge in [0.25, 0.3) is 0 Å². The molecule has 0 saturated carbocycles. The van der Waals surface area contributed by atoms with Gasteiger partial charge in [0, 0.05) is 18.7 Å². The number of carbonyl (C=O) groups is 2. The van der Waals surface area contributed by atoms with Gasteiger partial charge in [0.05, 0.1) is 16.7 Å². The van der Waals surface area contributed by atoms with Crippen molar-refractivity contribution in [2.45, 2.75) is 19.1 Å². The normalized spacial score (nSPS) is 11.9. The molecular formula is C18H19NO2S2. The smallest absolute Gasteiger partial charge is 0.186 e. The van der Waals surface area contributed by atoms with Crippen LogP contribution in [0, 0.1) is 0 Å². The number of Topliss-reactive ketones (excluding diaryl/α,β-unsaturated/α-hetero) is 1. The second-order valence-electron chi connectivity index (χ2n) is 4.92. The molecule has 0 radical (unpaired) electrons. The Labute approximate surface area is 145 Å². The molecule has 0 bridgehead atoms. The molecule has 0 fully saturated rings. The molecule has 23 heavy (non-hydrogen) atoms. The monoisotopic (exact) mass is 345 g/mol. The molecule has 1 unspecified atom stereocenters. The summed E-state index contributed by atoms with van der Waals surface area (Å²) in [5.74, 6) is 1.16. The van der Waals surface area contributed by atoms with Crippen LogP contribution in [0.25, 0.3) is 0 Å². The molecule has 2 aromatic rings. The molecular weight excluding hydrogens is 326 g/mol. The molecule has 0 aliphatic carbocycles. The molecule has 1 aromatic heterocycles.